The first-order chi connectivity index (χ1) is 9.74. The van der Waals surface area contributed by atoms with Crippen molar-refractivity contribution in [2.45, 2.75) is 85.0 Å². The Bertz CT molecular complexity index is 212. The zero-order valence-electron chi connectivity index (χ0n) is 14.4. The maximum atomic E-state index is 3.89. The Labute approximate surface area is 147 Å². The molecule has 1 nitrogen and oxygen atoms in total. The van der Waals surface area contributed by atoms with E-state index in [9.17, 15) is 0 Å². The molecular formula is C19H39LiN. The predicted octanol–water partition coefficient (Wildman–Crippen LogP) is 5.36. The van der Waals surface area contributed by atoms with Gasteiger partial charge in [0, 0.05) is 6.54 Å². The first kappa shape index (κ1) is 23.6. The average molecular weight is 288 g/mol. The average Bonchev–Trinajstić information content (AvgIpc) is 2.46. The van der Waals surface area contributed by atoms with Crippen molar-refractivity contribution in [2.24, 2.45) is 0 Å². The first-order valence-electron chi connectivity index (χ1n) is 8.91. The van der Waals surface area contributed by atoms with Crippen LogP contribution in [0.1, 0.15) is 85.0 Å². The van der Waals surface area contributed by atoms with Gasteiger partial charge < -0.3 is 0 Å². The molecule has 0 bridgehead atoms. The van der Waals surface area contributed by atoms with E-state index in [1.165, 1.54) is 82.9 Å². The van der Waals surface area contributed by atoms with Gasteiger partial charge >= 0.3 is 18.9 Å². The molecule has 2 heteroatoms. The van der Waals surface area contributed by atoms with Crippen LogP contribution in [0, 0.1) is 6.92 Å². The summed E-state index contributed by atoms with van der Waals surface area (Å²) >= 11 is 0. The van der Waals surface area contributed by atoms with Crippen molar-refractivity contribution >= 4 is 18.9 Å². The molecular weight excluding hydrogens is 249 g/mol. The van der Waals surface area contributed by atoms with Gasteiger partial charge in [0.25, 0.3) is 0 Å². The van der Waals surface area contributed by atoms with Gasteiger partial charge in [0.2, 0.25) is 0 Å². The Kier molecular flexibility index (Phi) is 20.6. The summed E-state index contributed by atoms with van der Waals surface area (Å²) in [5, 5.41) is 0. The molecule has 0 saturated carbocycles. The molecule has 0 saturated heterocycles. The van der Waals surface area contributed by atoms with Crippen LogP contribution in [0.25, 0.3) is 0 Å². The topological polar surface area (TPSA) is 3.24 Å². The van der Waals surface area contributed by atoms with Gasteiger partial charge in [-0.3, -0.25) is 4.90 Å². The van der Waals surface area contributed by atoms with E-state index in [0.29, 0.717) is 0 Å². The molecule has 1 radical (unpaired) electrons. The third-order valence-electron chi connectivity index (χ3n) is 3.98. The summed E-state index contributed by atoms with van der Waals surface area (Å²) in [4.78, 5) is 2.63. The molecule has 0 aliphatic heterocycles. The zero-order valence-corrected chi connectivity index (χ0v) is 14.4. The molecule has 0 aromatic carbocycles. The molecule has 0 spiro atoms. The minimum absolute atomic E-state index is 0. The summed E-state index contributed by atoms with van der Waals surface area (Å²) in [5.41, 5.74) is 1.41. The summed E-state index contributed by atoms with van der Waals surface area (Å²) in [6.45, 7) is 14.3. The van der Waals surface area contributed by atoms with Crippen LogP contribution in [0.4, 0.5) is 0 Å². The van der Waals surface area contributed by atoms with Crippen molar-refractivity contribution < 1.29 is 0 Å². The van der Waals surface area contributed by atoms with Crippen molar-refractivity contribution in [3.8, 4) is 0 Å². The molecule has 0 atom stereocenters. The molecule has 0 fully saturated rings. The fraction of sp³-hybridized carbons (Fsp3) is 0.842. The van der Waals surface area contributed by atoms with E-state index in [1.807, 2.05) is 6.08 Å². The van der Waals surface area contributed by atoms with Gasteiger partial charge in [0.1, 0.15) is 0 Å². The number of rotatable bonds is 14. The predicted molar refractivity (Wildman–Crippen MR) is 100 cm³/mol. The Morgan fingerprint density at radius 2 is 1.24 bits per heavy atom. The molecule has 0 amide bonds. The number of hydrogen-bond donors (Lipinski definition) is 0. The third kappa shape index (κ3) is 16.5. The number of unbranched alkanes of at least 4 members (excludes halogenated alkanes) is 8. The van der Waals surface area contributed by atoms with Gasteiger partial charge in [-0.25, -0.2) is 0 Å². The van der Waals surface area contributed by atoms with E-state index in [0.717, 1.165) is 6.54 Å². The maximum absolute atomic E-state index is 3.89. The molecule has 0 unspecified atom stereocenters. The van der Waals surface area contributed by atoms with Crippen LogP contribution in [0.3, 0.4) is 0 Å². The zero-order chi connectivity index (χ0) is 15.1. The third-order valence-corrected chi connectivity index (χ3v) is 3.98. The molecule has 0 aliphatic rings. The second kappa shape index (κ2) is 18.3. The second-order valence-electron chi connectivity index (χ2n) is 6.16. The summed E-state index contributed by atoms with van der Waals surface area (Å²) < 4.78 is 0. The van der Waals surface area contributed by atoms with Crippen molar-refractivity contribution in [3.05, 3.63) is 18.6 Å². The first-order valence-corrected chi connectivity index (χ1v) is 8.91. The van der Waals surface area contributed by atoms with Crippen LogP contribution in [0.2, 0.25) is 0 Å². The normalized spacial score (nSPS) is 11.8. The van der Waals surface area contributed by atoms with E-state index >= 15 is 0 Å². The van der Waals surface area contributed by atoms with Crippen molar-refractivity contribution in [1.82, 2.24) is 4.90 Å². The van der Waals surface area contributed by atoms with E-state index in [4.69, 9.17) is 0 Å². The Morgan fingerprint density at radius 3 is 1.62 bits per heavy atom. The van der Waals surface area contributed by atoms with Crippen molar-refractivity contribution in [1.29, 1.82) is 0 Å². The van der Waals surface area contributed by atoms with Crippen LogP contribution >= 0.6 is 0 Å². The van der Waals surface area contributed by atoms with E-state index < -0.39 is 0 Å². The molecule has 0 N–H and O–H groups in total. The number of allylic oxidation sites excluding steroid dienone is 1. The Hall–Kier alpha value is 0.297. The summed E-state index contributed by atoms with van der Waals surface area (Å²) in [5.74, 6) is 0. The Balaban J connectivity index is 0. The van der Waals surface area contributed by atoms with Gasteiger partial charge in [0.05, 0.1) is 0 Å². The number of hydrogen-bond acceptors (Lipinski definition) is 1. The van der Waals surface area contributed by atoms with Gasteiger partial charge in [-0.1, -0.05) is 76.9 Å². The van der Waals surface area contributed by atoms with Crippen LogP contribution < -0.4 is 0 Å². The molecule has 0 heterocycles. The fourth-order valence-electron chi connectivity index (χ4n) is 2.57. The standard InChI is InChI=1S/C19H38N.Li.H/c1-5-8-10-12-14-16-20(18-19(4)7-3)17-15-13-11-9-6-2;;/h7H,3,5-6,8-18H2,1-2,4H3;;. The quantitative estimate of drug-likeness (QED) is 0.307. The SMILES string of the molecule is [CH2]C=C(C)CN(CCCCCCC)CCCCCCC.[LiH]. The second-order valence-corrected chi connectivity index (χ2v) is 6.16. The van der Waals surface area contributed by atoms with Gasteiger partial charge in [-0.2, -0.15) is 0 Å². The molecule has 21 heavy (non-hydrogen) atoms. The molecule has 0 rings (SSSR count). The summed E-state index contributed by atoms with van der Waals surface area (Å²) in [7, 11) is 0. The van der Waals surface area contributed by atoms with E-state index in [2.05, 4.69) is 32.6 Å². The molecule has 0 aromatic rings. The monoisotopic (exact) mass is 288 g/mol. The van der Waals surface area contributed by atoms with E-state index in [-0.39, 0.29) is 18.9 Å². The molecule has 0 aliphatic carbocycles. The van der Waals surface area contributed by atoms with Crippen LogP contribution in [0.15, 0.2) is 11.6 Å². The molecule has 121 valence electrons. The van der Waals surface area contributed by atoms with Gasteiger partial charge in [-0.05, 0) is 39.8 Å². The Morgan fingerprint density at radius 1 is 0.810 bits per heavy atom. The van der Waals surface area contributed by atoms with Crippen LogP contribution in [-0.4, -0.2) is 43.4 Å². The van der Waals surface area contributed by atoms with Crippen molar-refractivity contribution in [3.63, 3.8) is 0 Å². The van der Waals surface area contributed by atoms with Gasteiger partial charge in [-0.15, -0.1) is 0 Å². The van der Waals surface area contributed by atoms with Crippen molar-refractivity contribution in [2.75, 3.05) is 19.6 Å². The number of nitrogens with zero attached hydrogens (tertiary/aromatic N) is 1. The fourth-order valence-corrected chi connectivity index (χ4v) is 2.57. The van der Waals surface area contributed by atoms with Gasteiger partial charge in [0.15, 0.2) is 0 Å². The van der Waals surface area contributed by atoms with Crippen LogP contribution in [0.5, 0.6) is 0 Å². The summed E-state index contributed by atoms with van der Waals surface area (Å²) in [6, 6.07) is 0. The molecule has 0 aromatic heterocycles. The van der Waals surface area contributed by atoms with Crippen LogP contribution in [-0.2, 0) is 0 Å². The van der Waals surface area contributed by atoms with E-state index in [1.54, 1.807) is 0 Å². The summed E-state index contributed by atoms with van der Waals surface area (Å²) in [6.07, 6.45) is 15.8. The minimum atomic E-state index is 0.